The van der Waals surface area contributed by atoms with Crippen molar-refractivity contribution >= 4 is 29.0 Å². The van der Waals surface area contributed by atoms with Gasteiger partial charge in [0.1, 0.15) is 0 Å². The minimum atomic E-state index is -0.192. The van der Waals surface area contributed by atoms with E-state index in [0.717, 1.165) is 28.6 Å². The van der Waals surface area contributed by atoms with E-state index in [1.54, 1.807) is 33.0 Å². The quantitative estimate of drug-likeness (QED) is 0.644. The van der Waals surface area contributed by atoms with E-state index in [4.69, 9.17) is 11.6 Å². The molecule has 0 aliphatic carbocycles. The van der Waals surface area contributed by atoms with Gasteiger partial charge in [-0.2, -0.15) is 0 Å². The number of nitrogens with zero attached hydrogens (tertiary/aromatic N) is 4. The minimum absolute atomic E-state index is 0.192. The van der Waals surface area contributed by atoms with Crippen LogP contribution in [0.25, 0.3) is 11.3 Å². The van der Waals surface area contributed by atoms with Gasteiger partial charge in [-0.05, 0) is 43.0 Å². The molecule has 0 aliphatic heterocycles. The van der Waals surface area contributed by atoms with Gasteiger partial charge in [0.15, 0.2) is 5.16 Å². The fourth-order valence-corrected chi connectivity index (χ4v) is 3.61. The van der Waals surface area contributed by atoms with Crippen molar-refractivity contribution < 1.29 is 0 Å². The molecule has 0 aliphatic rings. The third-order valence-corrected chi connectivity index (χ3v) is 5.19. The zero-order chi connectivity index (χ0) is 17.3. The lowest BCUT2D eigenvalue weighted by atomic mass is 10.2. The van der Waals surface area contributed by atoms with Gasteiger partial charge in [0, 0.05) is 28.9 Å². The van der Waals surface area contributed by atoms with Crippen LogP contribution in [0.2, 0.25) is 5.02 Å². The monoisotopic (exact) mass is 362 g/mol. The molecule has 0 bridgehead atoms. The van der Waals surface area contributed by atoms with E-state index in [2.05, 4.69) is 24.0 Å². The molecule has 126 valence electrons. The Morgan fingerprint density at radius 1 is 1.25 bits per heavy atom. The first-order valence-corrected chi connectivity index (χ1v) is 9.19. The third kappa shape index (κ3) is 3.35. The van der Waals surface area contributed by atoms with Crippen molar-refractivity contribution in [2.75, 3.05) is 5.75 Å². The number of fused-ring (bicyclic) bond motifs is 1. The molecule has 3 aromatic rings. The van der Waals surface area contributed by atoms with Crippen LogP contribution >= 0.6 is 23.4 Å². The second-order valence-corrected chi connectivity index (χ2v) is 7.58. The summed E-state index contributed by atoms with van der Waals surface area (Å²) >= 11 is 7.68. The first kappa shape index (κ1) is 17.0. The Kier molecular flexibility index (Phi) is 4.96. The second kappa shape index (κ2) is 6.99. The van der Waals surface area contributed by atoms with E-state index in [-0.39, 0.29) is 5.56 Å². The summed E-state index contributed by atoms with van der Waals surface area (Å²) in [6, 6.07) is 5.50. The molecule has 5 nitrogen and oxygen atoms in total. The van der Waals surface area contributed by atoms with Crippen LogP contribution in [0.15, 0.2) is 40.5 Å². The molecule has 0 amide bonds. The highest BCUT2D eigenvalue weighted by Crippen LogP contribution is 2.20. The molecule has 2 aromatic heterocycles. The van der Waals surface area contributed by atoms with E-state index in [1.165, 1.54) is 0 Å². The fourth-order valence-electron chi connectivity index (χ4n) is 2.33. The van der Waals surface area contributed by atoms with Crippen molar-refractivity contribution in [3.63, 3.8) is 0 Å². The number of benzene rings is 1. The van der Waals surface area contributed by atoms with Crippen molar-refractivity contribution in [2.24, 2.45) is 5.92 Å². The molecular formula is C17H19ClN4OS. The molecule has 0 fully saturated rings. The van der Waals surface area contributed by atoms with Crippen LogP contribution in [0, 0.1) is 12.8 Å². The summed E-state index contributed by atoms with van der Waals surface area (Å²) in [4.78, 5) is 12.7. The van der Waals surface area contributed by atoms with E-state index in [9.17, 15) is 4.79 Å². The van der Waals surface area contributed by atoms with Gasteiger partial charge in [-0.1, -0.05) is 37.2 Å². The zero-order valence-electron chi connectivity index (χ0n) is 13.9. The van der Waals surface area contributed by atoms with Crippen LogP contribution in [0.1, 0.15) is 25.8 Å². The van der Waals surface area contributed by atoms with Crippen molar-refractivity contribution in [3.8, 4) is 5.69 Å². The van der Waals surface area contributed by atoms with Crippen LogP contribution in [0.5, 0.6) is 0 Å². The Morgan fingerprint density at radius 3 is 2.75 bits per heavy atom. The van der Waals surface area contributed by atoms with Crippen LogP contribution in [-0.2, 0) is 0 Å². The summed E-state index contributed by atoms with van der Waals surface area (Å²) in [6.45, 7) is 6.29. The minimum Gasteiger partial charge on any atom is -0.280 e. The van der Waals surface area contributed by atoms with E-state index in [1.807, 2.05) is 25.3 Å². The van der Waals surface area contributed by atoms with Gasteiger partial charge < -0.3 is 0 Å². The molecule has 0 saturated carbocycles. The SMILES string of the molecule is Cc1cc(-n2ccn3c(SCCC(C)C)nnc3c2=O)ccc1Cl. The van der Waals surface area contributed by atoms with Gasteiger partial charge >= 0.3 is 5.56 Å². The highest BCUT2D eigenvalue weighted by atomic mass is 35.5. The van der Waals surface area contributed by atoms with Crippen molar-refractivity contribution in [3.05, 3.63) is 51.5 Å². The highest BCUT2D eigenvalue weighted by molar-refractivity contribution is 7.99. The van der Waals surface area contributed by atoms with Gasteiger partial charge in [-0.15, -0.1) is 10.2 Å². The molecule has 0 N–H and O–H groups in total. The largest absolute Gasteiger partial charge is 0.300 e. The molecule has 0 radical (unpaired) electrons. The van der Waals surface area contributed by atoms with Crippen LogP contribution in [-0.4, -0.2) is 24.9 Å². The average Bonchev–Trinajstić information content (AvgIpc) is 2.94. The topological polar surface area (TPSA) is 52.2 Å². The maximum absolute atomic E-state index is 12.7. The Morgan fingerprint density at radius 2 is 2.04 bits per heavy atom. The van der Waals surface area contributed by atoms with E-state index >= 15 is 0 Å². The molecule has 7 heteroatoms. The number of hydrogen-bond acceptors (Lipinski definition) is 4. The predicted molar refractivity (Wildman–Crippen MR) is 98.5 cm³/mol. The average molecular weight is 363 g/mol. The third-order valence-electron chi connectivity index (χ3n) is 3.79. The Balaban J connectivity index is 1.97. The number of aryl methyl sites for hydroxylation is 1. The van der Waals surface area contributed by atoms with Gasteiger partial charge in [0.2, 0.25) is 5.65 Å². The molecular weight excluding hydrogens is 344 g/mol. The number of aromatic nitrogens is 4. The summed E-state index contributed by atoms with van der Waals surface area (Å²) in [5.74, 6) is 1.60. The molecule has 0 unspecified atom stereocenters. The molecule has 2 heterocycles. The van der Waals surface area contributed by atoms with Crippen molar-refractivity contribution in [1.29, 1.82) is 0 Å². The van der Waals surface area contributed by atoms with Gasteiger partial charge in [0.25, 0.3) is 0 Å². The van der Waals surface area contributed by atoms with Crippen LogP contribution < -0.4 is 5.56 Å². The number of rotatable bonds is 5. The first-order chi connectivity index (χ1) is 11.5. The Hall–Kier alpha value is -1.79. The number of hydrogen-bond donors (Lipinski definition) is 0. The van der Waals surface area contributed by atoms with E-state index in [0.29, 0.717) is 16.6 Å². The summed E-state index contributed by atoms with van der Waals surface area (Å²) in [5, 5.41) is 9.67. The molecule has 24 heavy (non-hydrogen) atoms. The van der Waals surface area contributed by atoms with Crippen LogP contribution in [0.3, 0.4) is 0 Å². The maximum atomic E-state index is 12.7. The second-order valence-electron chi connectivity index (χ2n) is 6.11. The lowest BCUT2D eigenvalue weighted by Gasteiger charge is -2.08. The van der Waals surface area contributed by atoms with Crippen molar-refractivity contribution in [1.82, 2.24) is 19.2 Å². The smallest absolute Gasteiger partial charge is 0.280 e. The van der Waals surface area contributed by atoms with Gasteiger partial charge in [-0.3, -0.25) is 13.8 Å². The molecule has 0 saturated heterocycles. The Bertz CT molecular complexity index is 932. The normalized spacial score (nSPS) is 11.5. The standard InChI is InChI=1S/C17H19ClN4OS/c1-11(2)6-9-24-17-20-19-15-16(23)21(7-8-22(15)17)13-4-5-14(18)12(3)10-13/h4-5,7-8,10-11H,6,9H2,1-3H3. The summed E-state index contributed by atoms with van der Waals surface area (Å²) < 4.78 is 3.32. The molecule has 0 atom stereocenters. The van der Waals surface area contributed by atoms with Gasteiger partial charge in [0.05, 0.1) is 0 Å². The van der Waals surface area contributed by atoms with Crippen LogP contribution in [0.4, 0.5) is 0 Å². The Labute approximate surface area is 149 Å². The molecule has 3 rings (SSSR count). The lowest BCUT2D eigenvalue weighted by Crippen LogP contribution is -2.20. The lowest BCUT2D eigenvalue weighted by molar-refractivity contribution is 0.631. The van der Waals surface area contributed by atoms with Gasteiger partial charge in [-0.25, -0.2) is 0 Å². The molecule has 1 aromatic carbocycles. The zero-order valence-corrected chi connectivity index (χ0v) is 15.4. The summed E-state index contributed by atoms with van der Waals surface area (Å²) in [5.41, 5.74) is 1.83. The summed E-state index contributed by atoms with van der Waals surface area (Å²) in [7, 11) is 0. The van der Waals surface area contributed by atoms with E-state index < -0.39 is 0 Å². The number of thioether (sulfide) groups is 1. The maximum Gasteiger partial charge on any atom is 0.300 e. The number of halogens is 1. The predicted octanol–water partition coefficient (Wildman–Crippen LogP) is 3.98. The molecule has 0 spiro atoms. The highest BCUT2D eigenvalue weighted by Gasteiger charge is 2.12. The summed E-state index contributed by atoms with van der Waals surface area (Å²) in [6.07, 6.45) is 4.67. The first-order valence-electron chi connectivity index (χ1n) is 7.83. The van der Waals surface area contributed by atoms with Crippen molar-refractivity contribution in [2.45, 2.75) is 32.3 Å². The fraction of sp³-hybridized carbons (Fsp3) is 0.353.